The molecular weight excluding hydrogens is 148 g/mol. The van der Waals surface area contributed by atoms with Crippen LogP contribution in [0.2, 0.25) is 0 Å². The Hall–Kier alpha value is -0.310. The molecule has 0 unspecified atom stereocenters. The summed E-state index contributed by atoms with van der Waals surface area (Å²) in [6, 6.07) is 0. The second-order valence-electron chi connectivity index (χ2n) is 2.27. The van der Waals surface area contributed by atoms with Crippen molar-refractivity contribution < 1.29 is 8.42 Å². The summed E-state index contributed by atoms with van der Waals surface area (Å²) < 4.78 is 20.9. The molecule has 0 aromatic heterocycles. The third-order valence-corrected chi connectivity index (χ3v) is 2.17. The smallest absolute Gasteiger partial charge is 0.185 e. The first-order valence-corrected chi connectivity index (χ1v) is 4.73. The van der Waals surface area contributed by atoms with E-state index in [0.29, 0.717) is 4.86 Å². The Morgan fingerprint density at radius 3 is 1.70 bits per heavy atom. The minimum absolute atomic E-state index is 0.671. The first-order valence-electron chi connectivity index (χ1n) is 3.66. The topological polar surface area (TPSA) is 34.1 Å². The van der Waals surface area contributed by atoms with Crippen LogP contribution in [-0.2, 0) is 10.3 Å². The van der Waals surface area contributed by atoms with E-state index in [-0.39, 0.29) is 0 Å². The van der Waals surface area contributed by atoms with Gasteiger partial charge in [0.2, 0.25) is 10.3 Å². The fraction of sp³-hybridized carbons (Fsp3) is 0.857. The van der Waals surface area contributed by atoms with Gasteiger partial charge in [0.25, 0.3) is 0 Å². The van der Waals surface area contributed by atoms with Gasteiger partial charge in [0.1, 0.15) is 0 Å². The summed E-state index contributed by atoms with van der Waals surface area (Å²) in [5.41, 5.74) is 0. The third-order valence-electron chi connectivity index (χ3n) is 1.29. The normalized spacial score (nSPS) is 9.40. The highest BCUT2D eigenvalue weighted by molar-refractivity contribution is 7.73. The second kappa shape index (κ2) is 5.47. The summed E-state index contributed by atoms with van der Waals surface area (Å²) >= 11 is 0. The van der Waals surface area contributed by atoms with Gasteiger partial charge in [0.15, 0.2) is 0 Å². The van der Waals surface area contributed by atoms with Gasteiger partial charge in [-0.3, -0.25) is 0 Å². The summed E-state index contributed by atoms with van der Waals surface area (Å²) in [7, 11) is -1.94. The Labute approximate surface area is 63.8 Å². The minimum Gasteiger partial charge on any atom is -0.185 e. The van der Waals surface area contributed by atoms with Crippen molar-refractivity contribution in [2.24, 2.45) is 0 Å². The molecule has 0 aliphatic rings. The molecule has 0 amide bonds. The van der Waals surface area contributed by atoms with Gasteiger partial charge in [-0.05, 0) is 12.8 Å². The molecule has 0 heterocycles. The van der Waals surface area contributed by atoms with Gasteiger partial charge in [-0.15, -0.1) is 0 Å². The molecule has 10 heavy (non-hydrogen) atoms. The fourth-order valence-corrected chi connectivity index (χ4v) is 1.59. The summed E-state index contributed by atoms with van der Waals surface area (Å²) in [5, 5.41) is 0. The Morgan fingerprint density at radius 2 is 1.50 bits per heavy atom. The molecule has 0 aromatic rings. The lowest BCUT2D eigenvalue weighted by molar-refractivity contribution is 0.626. The van der Waals surface area contributed by atoms with E-state index in [1.54, 1.807) is 0 Å². The van der Waals surface area contributed by atoms with Gasteiger partial charge in [-0.2, -0.15) is 8.42 Å². The van der Waals surface area contributed by atoms with E-state index >= 15 is 0 Å². The van der Waals surface area contributed by atoms with E-state index in [2.05, 4.69) is 0 Å². The van der Waals surface area contributed by atoms with Gasteiger partial charge in [0, 0.05) is 4.86 Å². The predicted molar refractivity (Wildman–Crippen MR) is 43.7 cm³/mol. The van der Waals surface area contributed by atoms with E-state index in [4.69, 9.17) is 0 Å². The molecule has 0 spiro atoms. The molecule has 0 fully saturated rings. The molecule has 0 aliphatic heterocycles. The van der Waals surface area contributed by atoms with Crippen LogP contribution in [0.25, 0.3) is 0 Å². The molecule has 0 bridgehead atoms. The maximum absolute atomic E-state index is 10.4. The average molecular weight is 162 g/mol. The molecule has 2 nitrogen and oxygen atoms in total. The lowest BCUT2D eigenvalue weighted by Gasteiger charge is -1.94. The molecule has 0 radical (unpaired) electrons. The molecule has 0 N–H and O–H groups in total. The maximum Gasteiger partial charge on any atom is 0.213 e. The SMILES string of the molecule is CCCC(CCC)=S(=O)=O. The lowest BCUT2D eigenvalue weighted by atomic mass is 10.2. The standard InChI is InChI=1S/C7H14O2S/c1-3-5-7(6-4-2)10(8)9/h3-6H2,1-2H3. The van der Waals surface area contributed by atoms with Crippen LogP contribution < -0.4 is 0 Å². The van der Waals surface area contributed by atoms with E-state index in [1.807, 2.05) is 13.8 Å². The largest absolute Gasteiger partial charge is 0.213 e. The van der Waals surface area contributed by atoms with Crippen LogP contribution in [-0.4, -0.2) is 13.3 Å². The number of hydrogen-bond donors (Lipinski definition) is 0. The summed E-state index contributed by atoms with van der Waals surface area (Å²) in [5.74, 6) is 0. The quantitative estimate of drug-likeness (QED) is 0.589. The van der Waals surface area contributed by atoms with Gasteiger partial charge in [-0.1, -0.05) is 26.7 Å². The fourth-order valence-electron chi connectivity index (χ4n) is 0.849. The highest BCUT2D eigenvalue weighted by atomic mass is 32.2. The van der Waals surface area contributed by atoms with Crippen LogP contribution >= 0.6 is 0 Å². The van der Waals surface area contributed by atoms with Crippen molar-refractivity contribution in [1.29, 1.82) is 0 Å². The zero-order valence-corrected chi connectivity index (χ0v) is 7.37. The Morgan fingerprint density at radius 1 is 1.10 bits per heavy atom. The van der Waals surface area contributed by atoms with Crippen LogP contribution in [0.5, 0.6) is 0 Å². The molecule has 0 saturated heterocycles. The number of rotatable bonds is 4. The Balaban J connectivity index is 4.14. The van der Waals surface area contributed by atoms with Gasteiger partial charge in [0.05, 0.1) is 0 Å². The zero-order valence-electron chi connectivity index (χ0n) is 6.55. The third kappa shape index (κ3) is 3.67. The Bertz CT molecular complexity index is 186. The van der Waals surface area contributed by atoms with Crippen molar-refractivity contribution in [2.45, 2.75) is 39.5 Å². The van der Waals surface area contributed by atoms with E-state index in [1.165, 1.54) is 0 Å². The van der Waals surface area contributed by atoms with Crippen molar-refractivity contribution in [3.8, 4) is 0 Å². The molecule has 60 valence electrons. The molecule has 0 atom stereocenters. The number of hydrogen-bond acceptors (Lipinski definition) is 2. The maximum atomic E-state index is 10.4. The summed E-state index contributed by atoms with van der Waals surface area (Å²) in [6.45, 7) is 3.98. The molecular formula is C7H14O2S. The van der Waals surface area contributed by atoms with Crippen molar-refractivity contribution >= 4 is 15.2 Å². The van der Waals surface area contributed by atoms with Crippen molar-refractivity contribution in [1.82, 2.24) is 0 Å². The van der Waals surface area contributed by atoms with E-state index in [9.17, 15) is 8.42 Å². The minimum atomic E-state index is -1.94. The predicted octanol–water partition coefficient (Wildman–Crippen LogP) is 1.64. The highest BCUT2D eigenvalue weighted by Crippen LogP contribution is 1.97. The molecule has 0 rings (SSSR count). The van der Waals surface area contributed by atoms with Gasteiger partial charge in [-0.25, -0.2) is 0 Å². The Kier molecular flexibility index (Phi) is 5.30. The van der Waals surface area contributed by atoms with Crippen molar-refractivity contribution in [3.63, 3.8) is 0 Å². The van der Waals surface area contributed by atoms with Crippen LogP contribution in [0.1, 0.15) is 39.5 Å². The van der Waals surface area contributed by atoms with Crippen LogP contribution in [0.3, 0.4) is 0 Å². The monoisotopic (exact) mass is 162 g/mol. The van der Waals surface area contributed by atoms with Crippen molar-refractivity contribution in [3.05, 3.63) is 0 Å². The summed E-state index contributed by atoms with van der Waals surface area (Å²) in [4.78, 5) is 0.671. The molecule has 0 aromatic carbocycles. The van der Waals surface area contributed by atoms with Crippen LogP contribution in [0, 0.1) is 0 Å². The van der Waals surface area contributed by atoms with E-state index in [0.717, 1.165) is 25.7 Å². The summed E-state index contributed by atoms with van der Waals surface area (Å²) in [6.07, 6.45) is 3.29. The lowest BCUT2D eigenvalue weighted by Crippen LogP contribution is -1.97. The zero-order chi connectivity index (χ0) is 7.98. The molecule has 0 aliphatic carbocycles. The first-order chi connectivity index (χ1) is 4.72. The van der Waals surface area contributed by atoms with Crippen LogP contribution in [0.15, 0.2) is 0 Å². The van der Waals surface area contributed by atoms with Gasteiger partial charge < -0.3 is 0 Å². The second-order valence-corrected chi connectivity index (χ2v) is 3.32. The van der Waals surface area contributed by atoms with Gasteiger partial charge >= 0.3 is 0 Å². The first kappa shape index (κ1) is 9.69. The van der Waals surface area contributed by atoms with E-state index < -0.39 is 10.3 Å². The van der Waals surface area contributed by atoms with Crippen molar-refractivity contribution in [2.75, 3.05) is 0 Å². The molecule has 0 saturated carbocycles. The molecule has 3 heteroatoms. The average Bonchev–Trinajstić information content (AvgIpc) is 1.87. The van der Waals surface area contributed by atoms with Crippen LogP contribution in [0.4, 0.5) is 0 Å². The highest BCUT2D eigenvalue weighted by Gasteiger charge is 1.96.